The standard InChI is InChI=1S/C12H11N2O3S/c15-12-11(7-4-8-13-12)14-18(16,17)9-10-5-2-1-3-6-10/h1-6,8,14H,9H2,(H,13,15). The summed E-state index contributed by atoms with van der Waals surface area (Å²) in [6.45, 7) is 0. The molecule has 2 aromatic rings. The van der Waals surface area contributed by atoms with Crippen LogP contribution >= 0.6 is 0 Å². The molecule has 5 nitrogen and oxygen atoms in total. The van der Waals surface area contributed by atoms with E-state index in [1.807, 2.05) is 0 Å². The van der Waals surface area contributed by atoms with Gasteiger partial charge in [0, 0.05) is 12.3 Å². The van der Waals surface area contributed by atoms with Gasteiger partial charge in [0.15, 0.2) is 0 Å². The Morgan fingerprint density at radius 1 is 1.22 bits per heavy atom. The van der Waals surface area contributed by atoms with Crippen molar-refractivity contribution in [2.45, 2.75) is 5.75 Å². The molecular weight excluding hydrogens is 252 g/mol. The molecule has 0 unspecified atom stereocenters. The molecule has 0 fully saturated rings. The van der Waals surface area contributed by atoms with Crippen LogP contribution in [0.1, 0.15) is 5.56 Å². The van der Waals surface area contributed by atoms with E-state index in [0.717, 1.165) is 0 Å². The Balaban J connectivity index is 2.19. The number of aromatic nitrogens is 1. The van der Waals surface area contributed by atoms with Crippen molar-refractivity contribution in [2.75, 3.05) is 4.72 Å². The van der Waals surface area contributed by atoms with Crippen LogP contribution in [0.15, 0.2) is 47.4 Å². The number of hydrogen-bond donors (Lipinski definition) is 2. The minimum absolute atomic E-state index is 0.103. The van der Waals surface area contributed by atoms with Gasteiger partial charge in [0.1, 0.15) is 5.69 Å². The predicted molar refractivity (Wildman–Crippen MR) is 68.6 cm³/mol. The first-order valence-corrected chi connectivity index (χ1v) is 6.86. The largest absolute Gasteiger partial charge is 0.327 e. The van der Waals surface area contributed by atoms with Gasteiger partial charge in [0.05, 0.1) is 5.75 Å². The molecule has 0 aliphatic rings. The van der Waals surface area contributed by atoms with Crippen molar-refractivity contribution in [1.82, 2.24) is 4.98 Å². The fraction of sp³-hybridized carbons (Fsp3) is 0.0833. The molecule has 2 N–H and O–H groups in total. The number of anilines is 1. The lowest BCUT2D eigenvalue weighted by molar-refractivity contribution is 0.600. The Hall–Kier alpha value is -2.08. The first-order valence-electron chi connectivity index (χ1n) is 5.21. The van der Waals surface area contributed by atoms with Gasteiger partial charge >= 0.3 is 0 Å². The topological polar surface area (TPSA) is 79.0 Å². The number of H-pyrrole nitrogens is 1. The summed E-state index contributed by atoms with van der Waals surface area (Å²) < 4.78 is 25.9. The van der Waals surface area contributed by atoms with Crippen LogP contribution in [0.5, 0.6) is 0 Å². The highest BCUT2D eigenvalue weighted by Crippen LogP contribution is 2.08. The molecule has 6 heteroatoms. The highest BCUT2D eigenvalue weighted by Gasteiger charge is 2.13. The Labute approximate surface area is 105 Å². The maximum Gasteiger partial charge on any atom is 0.272 e. The third-order valence-corrected chi connectivity index (χ3v) is 3.44. The molecule has 2 rings (SSSR count). The Morgan fingerprint density at radius 3 is 2.61 bits per heavy atom. The molecule has 0 aliphatic carbocycles. The van der Waals surface area contributed by atoms with Crippen molar-refractivity contribution in [3.05, 3.63) is 64.6 Å². The summed E-state index contributed by atoms with van der Waals surface area (Å²) in [5.41, 5.74) is 0.0277. The van der Waals surface area contributed by atoms with Gasteiger partial charge in [-0.1, -0.05) is 30.3 Å². The molecule has 0 atom stereocenters. The van der Waals surface area contributed by atoms with Gasteiger partial charge in [0.25, 0.3) is 5.56 Å². The third-order valence-electron chi connectivity index (χ3n) is 2.21. The lowest BCUT2D eigenvalue weighted by atomic mass is 10.2. The van der Waals surface area contributed by atoms with Crippen molar-refractivity contribution in [1.29, 1.82) is 0 Å². The lowest BCUT2D eigenvalue weighted by Crippen LogP contribution is -2.21. The summed E-state index contributed by atoms with van der Waals surface area (Å²) in [4.78, 5) is 13.7. The number of sulfonamides is 1. The predicted octanol–water partition coefficient (Wildman–Crippen LogP) is 1.12. The molecular formula is C12H11N2O3S. The second-order valence-corrected chi connectivity index (χ2v) is 5.40. The van der Waals surface area contributed by atoms with Crippen molar-refractivity contribution in [3.8, 4) is 0 Å². The van der Waals surface area contributed by atoms with Crippen molar-refractivity contribution in [3.63, 3.8) is 0 Å². The van der Waals surface area contributed by atoms with Crippen molar-refractivity contribution >= 4 is 15.7 Å². The van der Waals surface area contributed by atoms with E-state index in [1.54, 1.807) is 30.3 Å². The first kappa shape index (κ1) is 12.4. The number of rotatable bonds is 4. The molecule has 0 spiro atoms. The Kier molecular flexibility index (Phi) is 3.47. The van der Waals surface area contributed by atoms with E-state index in [9.17, 15) is 13.2 Å². The van der Waals surface area contributed by atoms with Crippen LogP contribution in [-0.2, 0) is 15.8 Å². The zero-order valence-corrected chi connectivity index (χ0v) is 10.2. The number of aromatic amines is 1. The molecule has 0 saturated heterocycles. The molecule has 1 aromatic heterocycles. The van der Waals surface area contributed by atoms with Crippen LogP contribution in [0.2, 0.25) is 0 Å². The van der Waals surface area contributed by atoms with E-state index < -0.39 is 15.6 Å². The van der Waals surface area contributed by atoms with Gasteiger partial charge < -0.3 is 4.98 Å². The van der Waals surface area contributed by atoms with Crippen LogP contribution in [0.3, 0.4) is 0 Å². The van der Waals surface area contributed by atoms with Gasteiger partial charge in [-0.25, -0.2) is 8.42 Å². The summed E-state index contributed by atoms with van der Waals surface area (Å²) in [5.74, 6) is -0.185. The Morgan fingerprint density at radius 2 is 1.94 bits per heavy atom. The molecule has 1 heterocycles. The fourth-order valence-corrected chi connectivity index (χ4v) is 2.61. The minimum atomic E-state index is -3.61. The van der Waals surface area contributed by atoms with E-state index in [0.29, 0.717) is 5.56 Å². The van der Waals surface area contributed by atoms with E-state index in [1.165, 1.54) is 12.3 Å². The number of benzene rings is 1. The lowest BCUT2D eigenvalue weighted by Gasteiger charge is -2.06. The first-order chi connectivity index (χ1) is 8.57. The summed E-state index contributed by atoms with van der Waals surface area (Å²) in [6.07, 6.45) is 1.39. The average Bonchev–Trinajstić information content (AvgIpc) is 2.32. The van der Waals surface area contributed by atoms with Crippen LogP contribution in [0, 0.1) is 6.07 Å². The summed E-state index contributed by atoms with van der Waals surface area (Å²) in [6, 6.07) is 12.7. The monoisotopic (exact) mass is 263 g/mol. The van der Waals surface area contributed by atoms with Crippen LogP contribution in [-0.4, -0.2) is 13.4 Å². The van der Waals surface area contributed by atoms with Gasteiger partial charge in [-0.2, -0.15) is 0 Å². The van der Waals surface area contributed by atoms with E-state index in [4.69, 9.17) is 0 Å². The number of hydrogen-bond acceptors (Lipinski definition) is 3. The van der Waals surface area contributed by atoms with Gasteiger partial charge in [0.2, 0.25) is 10.0 Å². The quantitative estimate of drug-likeness (QED) is 0.867. The van der Waals surface area contributed by atoms with E-state index >= 15 is 0 Å². The maximum atomic E-state index is 11.8. The average molecular weight is 263 g/mol. The van der Waals surface area contributed by atoms with Crippen molar-refractivity contribution < 1.29 is 8.42 Å². The number of pyridine rings is 1. The summed E-state index contributed by atoms with van der Waals surface area (Å²) in [5, 5.41) is 0. The molecule has 0 bridgehead atoms. The minimum Gasteiger partial charge on any atom is -0.327 e. The highest BCUT2D eigenvalue weighted by atomic mass is 32.2. The highest BCUT2D eigenvalue weighted by molar-refractivity contribution is 7.91. The SMILES string of the molecule is O=c1[nH]cc[c]c1NS(=O)(=O)Cc1ccccc1. The van der Waals surface area contributed by atoms with Crippen LogP contribution in [0.25, 0.3) is 0 Å². The second-order valence-electron chi connectivity index (χ2n) is 3.67. The van der Waals surface area contributed by atoms with E-state index in [-0.39, 0.29) is 11.4 Å². The third kappa shape index (κ3) is 3.21. The Bertz CT molecular complexity index is 678. The zero-order chi connectivity index (χ0) is 13.0. The molecule has 18 heavy (non-hydrogen) atoms. The van der Waals surface area contributed by atoms with Crippen LogP contribution in [0.4, 0.5) is 5.69 Å². The van der Waals surface area contributed by atoms with E-state index in [2.05, 4.69) is 15.8 Å². The molecule has 0 saturated carbocycles. The summed E-state index contributed by atoms with van der Waals surface area (Å²) >= 11 is 0. The second kappa shape index (κ2) is 5.05. The number of nitrogens with one attached hydrogen (secondary N) is 2. The molecule has 0 amide bonds. The molecule has 0 aliphatic heterocycles. The molecule has 1 aromatic carbocycles. The van der Waals surface area contributed by atoms with Gasteiger partial charge in [-0.05, 0) is 11.6 Å². The van der Waals surface area contributed by atoms with Crippen LogP contribution < -0.4 is 10.3 Å². The summed E-state index contributed by atoms with van der Waals surface area (Å²) in [7, 11) is -3.61. The fourth-order valence-electron chi connectivity index (χ4n) is 1.44. The smallest absolute Gasteiger partial charge is 0.272 e. The maximum absolute atomic E-state index is 11.8. The van der Waals surface area contributed by atoms with Gasteiger partial charge in [-0.15, -0.1) is 0 Å². The zero-order valence-electron chi connectivity index (χ0n) is 9.38. The molecule has 1 radical (unpaired) electrons. The molecule has 93 valence electrons. The van der Waals surface area contributed by atoms with Gasteiger partial charge in [-0.3, -0.25) is 9.52 Å². The normalized spacial score (nSPS) is 11.1. The van der Waals surface area contributed by atoms with Crippen molar-refractivity contribution in [2.24, 2.45) is 0 Å².